The summed E-state index contributed by atoms with van der Waals surface area (Å²) in [5.74, 6) is 1.37. The number of nitrogens with one attached hydrogen (secondary N) is 2. The number of carbonyl (C=O) groups excluding carboxylic acids is 2. The first-order valence-corrected chi connectivity index (χ1v) is 11.7. The van der Waals surface area contributed by atoms with Gasteiger partial charge in [-0.15, -0.1) is 0 Å². The number of benzene rings is 3. The number of rotatable bonds is 12. The molecule has 0 aliphatic rings. The molecule has 2 amide bonds. The van der Waals surface area contributed by atoms with Crippen molar-refractivity contribution in [2.24, 2.45) is 0 Å². The van der Waals surface area contributed by atoms with Crippen LogP contribution in [0.2, 0.25) is 0 Å². The summed E-state index contributed by atoms with van der Waals surface area (Å²) in [4.78, 5) is 24.3. The molecule has 3 aromatic rings. The molecule has 0 aromatic heterocycles. The van der Waals surface area contributed by atoms with Crippen LogP contribution >= 0.6 is 0 Å². The standard InChI is InChI=1S/C28H34N2O4/c1-20-15-25(33-2)24(26(16-20)34-3)11-5-4-8-14-29-28(32)19-30-27(31)18-21-12-13-22-9-6-7-10-23(22)17-21/h6-7,9-10,12-13,15-17H,4-5,8,11,14,18-19H2,1-3H3,(H,29,32)(H,30,31). The lowest BCUT2D eigenvalue weighted by atomic mass is 10.0. The minimum Gasteiger partial charge on any atom is -0.496 e. The molecule has 0 saturated carbocycles. The van der Waals surface area contributed by atoms with Gasteiger partial charge in [0.2, 0.25) is 11.8 Å². The van der Waals surface area contributed by atoms with E-state index in [2.05, 4.69) is 10.6 Å². The van der Waals surface area contributed by atoms with Crippen LogP contribution in [0.1, 0.15) is 36.0 Å². The molecule has 0 atom stereocenters. The summed E-state index contributed by atoms with van der Waals surface area (Å²) >= 11 is 0. The number of aryl methyl sites for hydroxylation is 1. The SMILES string of the molecule is COc1cc(C)cc(OC)c1CCCCCNC(=O)CNC(=O)Cc1ccc2ccccc2c1. The molecule has 0 radical (unpaired) electrons. The van der Waals surface area contributed by atoms with Gasteiger partial charge >= 0.3 is 0 Å². The molecule has 0 aliphatic heterocycles. The van der Waals surface area contributed by atoms with Gasteiger partial charge in [0.25, 0.3) is 0 Å². The fourth-order valence-electron chi connectivity index (χ4n) is 4.03. The molecular formula is C28H34N2O4. The highest BCUT2D eigenvalue weighted by atomic mass is 16.5. The van der Waals surface area contributed by atoms with E-state index >= 15 is 0 Å². The minimum absolute atomic E-state index is 0.00974. The highest BCUT2D eigenvalue weighted by Crippen LogP contribution is 2.31. The van der Waals surface area contributed by atoms with E-state index in [9.17, 15) is 9.59 Å². The fourth-order valence-corrected chi connectivity index (χ4v) is 4.03. The van der Waals surface area contributed by atoms with Crippen molar-refractivity contribution in [3.63, 3.8) is 0 Å². The molecule has 34 heavy (non-hydrogen) atoms. The zero-order valence-corrected chi connectivity index (χ0v) is 20.3. The quantitative estimate of drug-likeness (QED) is 0.392. The van der Waals surface area contributed by atoms with Gasteiger partial charge in [0.05, 0.1) is 27.2 Å². The Bertz CT molecular complexity index is 1100. The molecule has 2 N–H and O–H groups in total. The normalized spacial score (nSPS) is 10.7. The van der Waals surface area contributed by atoms with Crippen LogP contribution in [0.5, 0.6) is 11.5 Å². The van der Waals surface area contributed by atoms with Gasteiger partial charge in [-0.2, -0.15) is 0 Å². The smallest absolute Gasteiger partial charge is 0.239 e. The molecule has 3 aromatic carbocycles. The second kappa shape index (κ2) is 12.6. The fraction of sp³-hybridized carbons (Fsp3) is 0.357. The van der Waals surface area contributed by atoms with Gasteiger partial charge in [0.1, 0.15) is 11.5 Å². The molecule has 0 bridgehead atoms. The average molecular weight is 463 g/mol. The molecule has 0 saturated heterocycles. The number of unbranched alkanes of at least 4 members (excludes halogenated alkanes) is 2. The van der Waals surface area contributed by atoms with Crippen molar-refractivity contribution in [3.05, 3.63) is 71.3 Å². The lowest BCUT2D eigenvalue weighted by Crippen LogP contribution is -2.37. The maximum absolute atomic E-state index is 12.2. The van der Waals surface area contributed by atoms with Gasteiger partial charge < -0.3 is 20.1 Å². The first-order chi connectivity index (χ1) is 16.5. The van der Waals surface area contributed by atoms with Crippen LogP contribution in [0.25, 0.3) is 10.8 Å². The van der Waals surface area contributed by atoms with E-state index in [1.165, 1.54) is 0 Å². The summed E-state index contributed by atoms with van der Waals surface area (Å²) < 4.78 is 11.0. The largest absolute Gasteiger partial charge is 0.496 e. The summed E-state index contributed by atoms with van der Waals surface area (Å²) in [6.07, 6.45) is 3.91. The van der Waals surface area contributed by atoms with Crippen LogP contribution in [-0.2, 0) is 22.4 Å². The summed E-state index contributed by atoms with van der Waals surface area (Å²) in [5, 5.41) is 7.82. The van der Waals surface area contributed by atoms with Gasteiger partial charge in [-0.25, -0.2) is 0 Å². The van der Waals surface area contributed by atoms with E-state index in [0.717, 1.165) is 64.6 Å². The molecule has 0 heterocycles. The maximum Gasteiger partial charge on any atom is 0.239 e. The van der Waals surface area contributed by atoms with E-state index in [1.54, 1.807) is 14.2 Å². The van der Waals surface area contributed by atoms with E-state index in [1.807, 2.05) is 61.5 Å². The number of hydrogen-bond donors (Lipinski definition) is 2. The molecule has 6 heteroatoms. The number of amides is 2. The van der Waals surface area contributed by atoms with Crippen molar-refractivity contribution >= 4 is 22.6 Å². The summed E-state index contributed by atoms with van der Waals surface area (Å²) in [7, 11) is 3.35. The Morgan fingerprint density at radius 3 is 2.21 bits per heavy atom. The topological polar surface area (TPSA) is 76.7 Å². The molecule has 6 nitrogen and oxygen atoms in total. The number of hydrogen-bond acceptors (Lipinski definition) is 4. The third-order valence-corrected chi connectivity index (χ3v) is 5.80. The highest BCUT2D eigenvalue weighted by Gasteiger charge is 2.11. The van der Waals surface area contributed by atoms with E-state index in [0.29, 0.717) is 6.54 Å². The molecular weight excluding hydrogens is 428 g/mol. The zero-order valence-electron chi connectivity index (χ0n) is 20.3. The van der Waals surface area contributed by atoms with Gasteiger partial charge in [-0.1, -0.05) is 48.9 Å². The Morgan fingerprint density at radius 2 is 1.50 bits per heavy atom. The Hall–Kier alpha value is -3.54. The molecule has 0 spiro atoms. The van der Waals surface area contributed by atoms with Crippen LogP contribution in [0.4, 0.5) is 0 Å². The van der Waals surface area contributed by atoms with Crippen molar-refractivity contribution in [2.75, 3.05) is 27.3 Å². The van der Waals surface area contributed by atoms with E-state index < -0.39 is 0 Å². The third kappa shape index (κ3) is 7.24. The van der Waals surface area contributed by atoms with Crippen LogP contribution < -0.4 is 20.1 Å². The molecule has 0 aliphatic carbocycles. The summed E-state index contributed by atoms with van der Waals surface area (Å²) in [6, 6.07) is 18.0. The number of fused-ring (bicyclic) bond motifs is 1. The monoisotopic (exact) mass is 462 g/mol. The molecule has 180 valence electrons. The zero-order chi connectivity index (χ0) is 24.3. The Morgan fingerprint density at radius 1 is 0.794 bits per heavy atom. The first-order valence-electron chi connectivity index (χ1n) is 11.7. The highest BCUT2D eigenvalue weighted by molar-refractivity contribution is 5.87. The minimum atomic E-state index is -0.172. The Balaban J connectivity index is 1.32. The van der Waals surface area contributed by atoms with Crippen LogP contribution in [-0.4, -0.2) is 39.1 Å². The maximum atomic E-state index is 12.2. The third-order valence-electron chi connectivity index (χ3n) is 5.80. The van der Waals surface area contributed by atoms with Crippen molar-refractivity contribution in [1.82, 2.24) is 10.6 Å². The van der Waals surface area contributed by atoms with Crippen LogP contribution in [0, 0.1) is 6.92 Å². The number of carbonyl (C=O) groups is 2. The second-order valence-electron chi connectivity index (χ2n) is 8.44. The van der Waals surface area contributed by atoms with Gasteiger partial charge in [0.15, 0.2) is 0 Å². The van der Waals surface area contributed by atoms with Crippen molar-refractivity contribution in [3.8, 4) is 11.5 Å². The molecule has 3 rings (SSSR count). The predicted octanol–water partition coefficient (Wildman–Crippen LogP) is 4.35. The first kappa shape index (κ1) is 25.1. The van der Waals surface area contributed by atoms with Crippen molar-refractivity contribution in [1.29, 1.82) is 0 Å². The van der Waals surface area contributed by atoms with Gasteiger partial charge in [-0.05, 0) is 60.2 Å². The van der Waals surface area contributed by atoms with Gasteiger partial charge in [-0.3, -0.25) is 9.59 Å². The Kier molecular flexibility index (Phi) is 9.32. The Labute approximate surface area is 201 Å². The molecule has 0 fully saturated rings. The van der Waals surface area contributed by atoms with Crippen molar-refractivity contribution < 1.29 is 19.1 Å². The summed E-state index contributed by atoms with van der Waals surface area (Å²) in [6.45, 7) is 2.59. The van der Waals surface area contributed by atoms with Crippen LogP contribution in [0.15, 0.2) is 54.6 Å². The molecule has 0 unspecified atom stereocenters. The number of ether oxygens (including phenoxy) is 2. The lowest BCUT2D eigenvalue weighted by Gasteiger charge is -2.14. The predicted molar refractivity (Wildman–Crippen MR) is 136 cm³/mol. The van der Waals surface area contributed by atoms with Crippen molar-refractivity contribution in [2.45, 2.75) is 39.0 Å². The van der Waals surface area contributed by atoms with Crippen LogP contribution in [0.3, 0.4) is 0 Å². The number of methoxy groups -OCH3 is 2. The average Bonchev–Trinajstić information content (AvgIpc) is 2.84. The summed E-state index contributed by atoms with van der Waals surface area (Å²) in [5.41, 5.74) is 3.11. The lowest BCUT2D eigenvalue weighted by molar-refractivity contribution is -0.125. The van der Waals surface area contributed by atoms with Gasteiger partial charge in [0, 0.05) is 12.1 Å². The van der Waals surface area contributed by atoms with E-state index in [-0.39, 0.29) is 24.8 Å². The second-order valence-corrected chi connectivity index (χ2v) is 8.44. The van der Waals surface area contributed by atoms with E-state index in [4.69, 9.17) is 9.47 Å².